The second kappa shape index (κ2) is 15.8. The molecule has 4 N–H and O–H groups in total. The summed E-state index contributed by atoms with van der Waals surface area (Å²) in [6.07, 6.45) is 7.86. The van der Waals surface area contributed by atoms with Crippen molar-refractivity contribution < 1.29 is 28.7 Å². The number of fused-ring (bicyclic) bond motifs is 6. The quantitative estimate of drug-likeness (QED) is 0.102. The molecule has 4 aliphatic carbocycles. The molecule has 10 unspecified atom stereocenters. The molecule has 6 aliphatic rings. The maximum absolute atomic E-state index is 14.0. The molecular formula is C51H58N8O6. The lowest BCUT2D eigenvalue weighted by Crippen LogP contribution is -2.52. The van der Waals surface area contributed by atoms with Gasteiger partial charge in [-0.25, -0.2) is 19.6 Å². The van der Waals surface area contributed by atoms with Gasteiger partial charge in [-0.1, -0.05) is 70.2 Å². The predicted octanol–water partition coefficient (Wildman–Crippen LogP) is 8.42. The van der Waals surface area contributed by atoms with Crippen LogP contribution in [-0.4, -0.2) is 92.1 Å². The van der Waals surface area contributed by atoms with Crippen LogP contribution in [0.25, 0.3) is 44.5 Å². The van der Waals surface area contributed by atoms with Crippen LogP contribution in [0, 0.1) is 29.6 Å². The summed E-state index contributed by atoms with van der Waals surface area (Å²) in [6, 6.07) is 18.5. The van der Waals surface area contributed by atoms with E-state index in [0.29, 0.717) is 23.7 Å². The number of rotatable bonds is 11. The van der Waals surface area contributed by atoms with Crippen molar-refractivity contribution in [2.45, 2.75) is 115 Å². The van der Waals surface area contributed by atoms with Gasteiger partial charge in [0.1, 0.15) is 23.7 Å². The molecule has 11 rings (SSSR count). The molecule has 5 fully saturated rings. The normalized spacial score (nSPS) is 26.5. The highest BCUT2D eigenvalue weighted by molar-refractivity contribution is 5.89. The van der Waals surface area contributed by atoms with Gasteiger partial charge in [0.2, 0.25) is 11.8 Å². The van der Waals surface area contributed by atoms with Crippen LogP contribution in [0.15, 0.2) is 60.8 Å². The summed E-state index contributed by atoms with van der Waals surface area (Å²) in [5, 5.41) is 5.54. The van der Waals surface area contributed by atoms with Crippen LogP contribution < -0.4 is 10.6 Å². The van der Waals surface area contributed by atoms with E-state index < -0.39 is 24.3 Å². The zero-order valence-electron chi connectivity index (χ0n) is 37.9. The lowest BCUT2D eigenvalue weighted by molar-refractivity contribution is -0.137. The Kier molecular flexibility index (Phi) is 10.1. The first kappa shape index (κ1) is 41.5. The van der Waals surface area contributed by atoms with Crippen LogP contribution in [-0.2, 0) is 25.5 Å². The summed E-state index contributed by atoms with van der Waals surface area (Å²) in [4.78, 5) is 73.3. The molecule has 2 aliphatic heterocycles. The number of carbonyl (C=O) groups excluding carboxylic acids is 4. The van der Waals surface area contributed by atoms with E-state index in [1.807, 2.05) is 43.7 Å². The van der Waals surface area contributed by atoms with Crippen LogP contribution in [0.4, 0.5) is 9.59 Å². The number of aromatic nitrogens is 4. The lowest BCUT2D eigenvalue weighted by Gasteiger charge is -2.32. The smallest absolute Gasteiger partial charge is 0.407 e. The Balaban J connectivity index is 0.838. The summed E-state index contributed by atoms with van der Waals surface area (Å²) in [6.45, 7) is 7.75. The third-order valence-corrected chi connectivity index (χ3v) is 15.7. The highest BCUT2D eigenvalue weighted by Gasteiger charge is 2.57. The Morgan fingerprint density at radius 3 is 1.85 bits per heavy atom. The minimum Gasteiger partial charge on any atom is -0.453 e. The second-order valence-corrected chi connectivity index (χ2v) is 20.1. The molecule has 0 radical (unpaired) electrons. The number of hydrogen-bond acceptors (Lipinski definition) is 8. The number of nitrogens with one attached hydrogen (secondary N) is 4. The number of piperidine rings is 2. The highest BCUT2D eigenvalue weighted by atomic mass is 16.5. The van der Waals surface area contributed by atoms with Crippen LogP contribution in [0.2, 0.25) is 0 Å². The lowest BCUT2D eigenvalue weighted by atomic mass is 9.73. The average Bonchev–Trinajstić information content (AvgIpc) is 3.83. The molecule has 3 saturated carbocycles. The number of carbonyl (C=O) groups is 4. The van der Waals surface area contributed by atoms with Crippen molar-refractivity contribution >= 4 is 35.0 Å². The van der Waals surface area contributed by atoms with Gasteiger partial charge in [0, 0.05) is 12.1 Å². The topological polar surface area (TPSA) is 175 Å². The zero-order chi connectivity index (χ0) is 45.0. The first-order chi connectivity index (χ1) is 31.4. The molecule has 4 heterocycles. The molecule has 2 aromatic heterocycles. The number of nitrogens with zero attached hydrogens (tertiary/aromatic N) is 4. The Labute approximate surface area is 378 Å². The fourth-order valence-corrected chi connectivity index (χ4v) is 11.9. The minimum atomic E-state index is -0.676. The number of ether oxygens (including phenoxy) is 2. The Morgan fingerprint density at radius 1 is 0.677 bits per heavy atom. The van der Waals surface area contributed by atoms with Crippen molar-refractivity contribution in [3.8, 4) is 33.5 Å². The number of hydrogen-bond donors (Lipinski definition) is 4. The zero-order valence-corrected chi connectivity index (χ0v) is 37.9. The second-order valence-electron chi connectivity index (χ2n) is 20.1. The van der Waals surface area contributed by atoms with Gasteiger partial charge in [-0.3, -0.25) is 9.59 Å². The average molecular weight is 879 g/mol. The van der Waals surface area contributed by atoms with E-state index in [9.17, 15) is 19.2 Å². The van der Waals surface area contributed by atoms with E-state index in [0.717, 1.165) is 71.6 Å². The molecule has 65 heavy (non-hydrogen) atoms. The van der Waals surface area contributed by atoms with E-state index in [2.05, 4.69) is 75.2 Å². The van der Waals surface area contributed by atoms with Gasteiger partial charge in [-0.05, 0) is 132 Å². The summed E-state index contributed by atoms with van der Waals surface area (Å²) >= 11 is 0. The maximum Gasteiger partial charge on any atom is 0.407 e. The molecule has 14 nitrogen and oxygen atoms in total. The van der Waals surface area contributed by atoms with Gasteiger partial charge in [-0.2, -0.15) is 0 Å². The number of methoxy groups -OCH3 is 2. The molecule has 338 valence electrons. The Hall–Kier alpha value is -6.18. The van der Waals surface area contributed by atoms with Crippen LogP contribution in [0.3, 0.4) is 0 Å². The third-order valence-electron chi connectivity index (χ3n) is 15.7. The molecule has 4 amide bonds. The summed E-state index contributed by atoms with van der Waals surface area (Å²) in [5.74, 6) is 3.33. The molecule has 0 bridgehead atoms. The fraction of sp³-hybridized carbons (Fsp3) is 0.490. The molecule has 3 aromatic carbocycles. The van der Waals surface area contributed by atoms with Gasteiger partial charge < -0.3 is 39.9 Å². The van der Waals surface area contributed by atoms with Gasteiger partial charge in [-0.15, -0.1) is 0 Å². The predicted molar refractivity (Wildman–Crippen MR) is 244 cm³/mol. The van der Waals surface area contributed by atoms with Crippen molar-refractivity contribution in [3.63, 3.8) is 0 Å². The standard InChI is InChI=1S/C51H58N8O6/c1-24(2)44(56-50(62)64-5)48(60)58-39-19-30(39)21-41(58)46-52-23-38(55-46)27-9-7-26(8-10-27)33-15-14-32(35-17-28-11-13-34(28)43(33)35)29-12-16-36-37(18-29)54-47(53-36)42-22-31-20-40(31)59(42)49(61)45(25(3)4)57-51(63)65-6/h7-10,12,14-16,18,23-25,28,30-31,34,39-42,44-45H,11,13,17,19-22H2,1-6H3,(H,52,55)(H,53,54)(H,56,62)(H,57,63). The van der Waals surface area contributed by atoms with Gasteiger partial charge in [0.15, 0.2) is 0 Å². The van der Waals surface area contributed by atoms with Crippen molar-refractivity contribution in [3.05, 3.63) is 83.6 Å². The minimum absolute atomic E-state index is 0.0816. The van der Waals surface area contributed by atoms with E-state index in [1.54, 1.807) is 0 Å². The summed E-state index contributed by atoms with van der Waals surface area (Å²) in [7, 11) is 2.63. The number of benzene rings is 3. The molecule has 5 aromatic rings. The summed E-state index contributed by atoms with van der Waals surface area (Å²) in [5.41, 5.74) is 11.6. The highest BCUT2D eigenvalue weighted by Crippen LogP contribution is 2.57. The number of likely N-dealkylation sites (tertiary alicyclic amines) is 2. The Morgan fingerprint density at radius 2 is 1.26 bits per heavy atom. The first-order valence-electron chi connectivity index (χ1n) is 23.6. The molecule has 0 spiro atoms. The third kappa shape index (κ3) is 7.05. The number of imidazole rings is 2. The monoisotopic (exact) mass is 878 g/mol. The van der Waals surface area contributed by atoms with Crippen molar-refractivity contribution in [2.24, 2.45) is 29.6 Å². The number of alkyl carbamates (subject to hydrolysis) is 2. The van der Waals surface area contributed by atoms with E-state index in [-0.39, 0.29) is 47.8 Å². The number of H-pyrrole nitrogens is 2. The Bertz CT molecular complexity index is 2720. The van der Waals surface area contributed by atoms with E-state index in [4.69, 9.17) is 19.4 Å². The maximum atomic E-state index is 14.0. The first-order valence-corrected chi connectivity index (χ1v) is 23.6. The van der Waals surface area contributed by atoms with Gasteiger partial charge in [0.25, 0.3) is 0 Å². The van der Waals surface area contributed by atoms with Crippen LogP contribution in [0.5, 0.6) is 0 Å². The number of aromatic amines is 2. The van der Waals surface area contributed by atoms with Gasteiger partial charge in [0.05, 0.1) is 49.2 Å². The SMILES string of the molecule is COC(=O)NC(C(=O)N1C(c2ncc(-c3ccc(-c4ccc(-c5ccc6nc(C7CC8CC8N7C(=O)C(NC(=O)OC)C(C)C)[nH]c6c5)c5c4C4CCC4C5)cc3)[nH]2)CC2CC21)C(C)C. The van der Waals surface area contributed by atoms with Gasteiger partial charge >= 0.3 is 12.2 Å². The fourth-order valence-electron chi connectivity index (χ4n) is 11.9. The largest absolute Gasteiger partial charge is 0.453 e. The van der Waals surface area contributed by atoms with Crippen molar-refractivity contribution in [1.29, 1.82) is 0 Å². The number of amides is 4. The molecule has 2 saturated heterocycles. The van der Waals surface area contributed by atoms with Crippen molar-refractivity contribution in [2.75, 3.05) is 14.2 Å². The summed E-state index contributed by atoms with van der Waals surface area (Å²) < 4.78 is 9.69. The molecule has 10 atom stereocenters. The van der Waals surface area contributed by atoms with E-state index >= 15 is 0 Å². The molecule has 14 heteroatoms. The molecular weight excluding hydrogens is 821 g/mol. The van der Waals surface area contributed by atoms with Crippen LogP contribution >= 0.6 is 0 Å². The van der Waals surface area contributed by atoms with Crippen LogP contribution in [0.1, 0.15) is 107 Å². The van der Waals surface area contributed by atoms with Crippen molar-refractivity contribution in [1.82, 2.24) is 40.4 Å². The van der Waals surface area contributed by atoms with E-state index in [1.165, 1.54) is 54.9 Å².